The number of furan rings is 1. The lowest BCUT2D eigenvalue weighted by Gasteiger charge is -2.13. The van der Waals surface area contributed by atoms with Crippen LogP contribution in [0.1, 0.15) is 24.2 Å². The van der Waals surface area contributed by atoms with E-state index in [2.05, 4.69) is 4.99 Å². The van der Waals surface area contributed by atoms with Gasteiger partial charge in [-0.2, -0.15) is 4.99 Å². The van der Waals surface area contributed by atoms with Gasteiger partial charge < -0.3 is 9.15 Å². The summed E-state index contributed by atoms with van der Waals surface area (Å²) in [5.41, 5.74) is 0.910. The zero-order chi connectivity index (χ0) is 13.6. The Morgan fingerprint density at radius 2 is 2.21 bits per heavy atom. The molecule has 0 bridgehead atoms. The monoisotopic (exact) mass is 277 g/mol. The molecule has 1 heterocycles. The van der Waals surface area contributed by atoms with E-state index in [0.717, 1.165) is 29.6 Å². The number of hydrogen-bond acceptors (Lipinski definition) is 4. The lowest BCUT2D eigenvalue weighted by atomic mass is 10.0. The number of carbonyl (C=O) groups excluding carboxylic acids is 1. The molecule has 0 N–H and O–H groups in total. The Morgan fingerprint density at radius 1 is 1.47 bits per heavy atom. The summed E-state index contributed by atoms with van der Waals surface area (Å²) in [4.78, 5) is 14.5. The van der Waals surface area contributed by atoms with Gasteiger partial charge in [-0.3, -0.25) is 0 Å². The Balaban J connectivity index is 2.32. The first kappa shape index (κ1) is 12.3. The molecule has 5 heteroatoms. The van der Waals surface area contributed by atoms with Gasteiger partial charge in [-0.05, 0) is 31.9 Å². The van der Waals surface area contributed by atoms with Gasteiger partial charge in [0.15, 0.2) is 11.3 Å². The maximum absolute atomic E-state index is 10.6. The van der Waals surface area contributed by atoms with Crippen molar-refractivity contribution in [2.24, 2.45) is 4.99 Å². The maximum atomic E-state index is 10.6. The Kier molecular flexibility index (Phi) is 2.66. The van der Waals surface area contributed by atoms with Crippen molar-refractivity contribution < 1.29 is 13.9 Å². The van der Waals surface area contributed by atoms with Gasteiger partial charge in [-0.25, -0.2) is 4.79 Å². The van der Waals surface area contributed by atoms with Crippen molar-refractivity contribution in [1.82, 2.24) is 0 Å². The third-order valence-corrected chi connectivity index (χ3v) is 3.94. The lowest BCUT2D eigenvalue weighted by molar-refractivity contribution is 0.407. The minimum Gasteiger partial charge on any atom is -0.493 e. The average molecular weight is 278 g/mol. The molecule has 1 aromatic carbocycles. The van der Waals surface area contributed by atoms with Gasteiger partial charge >= 0.3 is 0 Å². The number of benzene rings is 1. The zero-order valence-electron chi connectivity index (χ0n) is 10.6. The van der Waals surface area contributed by atoms with Crippen LogP contribution in [0, 0.1) is 6.92 Å². The third kappa shape index (κ3) is 1.76. The molecule has 2 aromatic rings. The molecular weight excluding hydrogens is 266 g/mol. The summed E-state index contributed by atoms with van der Waals surface area (Å²) < 4.78 is 10.9. The van der Waals surface area contributed by atoms with E-state index in [9.17, 15) is 4.79 Å². The number of nitrogens with zero attached hydrogens (tertiary/aromatic N) is 1. The fourth-order valence-electron chi connectivity index (χ4n) is 2.40. The molecule has 1 aromatic heterocycles. The molecule has 0 saturated heterocycles. The maximum Gasteiger partial charge on any atom is 0.235 e. The van der Waals surface area contributed by atoms with Gasteiger partial charge in [-0.15, -0.1) is 0 Å². The van der Waals surface area contributed by atoms with Gasteiger partial charge in [0.1, 0.15) is 5.76 Å². The third-order valence-electron chi connectivity index (χ3n) is 3.53. The van der Waals surface area contributed by atoms with Gasteiger partial charge in [0.2, 0.25) is 6.08 Å². The number of hydrogen-bond donors (Lipinski definition) is 0. The Bertz CT molecular complexity index is 709. The molecular formula is C14H12ClNO3. The summed E-state index contributed by atoms with van der Waals surface area (Å²) in [6.45, 7) is 1.85. The Hall–Kier alpha value is -1.77. The number of halogens is 1. The number of ether oxygens (including phenoxy) is 1. The summed E-state index contributed by atoms with van der Waals surface area (Å²) in [5, 5.41) is 1.37. The molecule has 3 rings (SSSR count). The fourth-order valence-corrected chi connectivity index (χ4v) is 2.77. The second-order valence-electron chi connectivity index (χ2n) is 4.77. The average Bonchev–Trinajstić information content (AvgIpc) is 3.04. The number of isocyanates is 1. The molecule has 19 heavy (non-hydrogen) atoms. The van der Waals surface area contributed by atoms with Gasteiger partial charge in [-0.1, -0.05) is 11.6 Å². The highest BCUT2D eigenvalue weighted by atomic mass is 35.5. The van der Waals surface area contributed by atoms with Crippen LogP contribution in [0.25, 0.3) is 11.0 Å². The van der Waals surface area contributed by atoms with E-state index in [1.165, 1.54) is 0 Å². The van der Waals surface area contributed by atoms with Crippen molar-refractivity contribution in [3.63, 3.8) is 0 Å². The topological polar surface area (TPSA) is 51.8 Å². The smallest absolute Gasteiger partial charge is 0.235 e. The number of rotatable bonds is 3. The van der Waals surface area contributed by atoms with Crippen molar-refractivity contribution in [2.45, 2.75) is 25.3 Å². The molecule has 0 atom stereocenters. The number of aryl methyl sites for hydroxylation is 1. The van der Waals surface area contributed by atoms with E-state index in [1.54, 1.807) is 19.3 Å². The molecule has 0 unspecified atom stereocenters. The van der Waals surface area contributed by atoms with Crippen LogP contribution in [-0.2, 0) is 10.3 Å². The molecule has 0 amide bonds. The van der Waals surface area contributed by atoms with Crippen molar-refractivity contribution >= 4 is 28.7 Å². The standard InChI is InChI=1S/C14H12ClNO3/c1-8-5-9-12(15)10(14(3-4-14)16-7-17)6-11(18-2)13(9)19-8/h5-6H,3-4H2,1-2H3. The Labute approximate surface area is 115 Å². The van der Waals surface area contributed by atoms with E-state index >= 15 is 0 Å². The largest absolute Gasteiger partial charge is 0.493 e. The summed E-state index contributed by atoms with van der Waals surface area (Å²) in [7, 11) is 1.58. The lowest BCUT2D eigenvalue weighted by Crippen LogP contribution is -2.04. The SMILES string of the molecule is COc1cc(C2(N=C=O)CC2)c(Cl)c2cc(C)oc12. The van der Waals surface area contributed by atoms with Crippen molar-refractivity contribution in [2.75, 3.05) is 7.11 Å². The highest BCUT2D eigenvalue weighted by Crippen LogP contribution is 2.54. The van der Waals surface area contributed by atoms with Crippen molar-refractivity contribution in [3.8, 4) is 5.75 Å². The Morgan fingerprint density at radius 3 is 2.79 bits per heavy atom. The minimum absolute atomic E-state index is 0.522. The quantitative estimate of drug-likeness (QED) is 0.634. The zero-order valence-corrected chi connectivity index (χ0v) is 11.4. The van der Waals surface area contributed by atoms with E-state index in [0.29, 0.717) is 16.4 Å². The van der Waals surface area contributed by atoms with Crippen LogP contribution in [-0.4, -0.2) is 13.2 Å². The second kappa shape index (κ2) is 4.12. The van der Waals surface area contributed by atoms with Gasteiger partial charge in [0.05, 0.1) is 17.7 Å². The first-order valence-electron chi connectivity index (χ1n) is 5.97. The molecule has 1 aliphatic carbocycles. The predicted molar refractivity (Wildman–Crippen MR) is 71.5 cm³/mol. The van der Waals surface area contributed by atoms with Crippen LogP contribution in [0.3, 0.4) is 0 Å². The van der Waals surface area contributed by atoms with E-state index in [1.807, 2.05) is 13.0 Å². The second-order valence-corrected chi connectivity index (χ2v) is 5.15. The molecule has 0 aliphatic heterocycles. The predicted octanol–water partition coefficient (Wildman–Crippen LogP) is 3.73. The molecule has 0 spiro atoms. The van der Waals surface area contributed by atoms with Crippen molar-refractivity contribution in [1.29, 1.82) is 0 Å². The van der Waals surface area contributed by atoms with Crippen LogP contribution in [0.4, 0.5) is 0 Å². The van der Waals surface area contributed by atoms with Crippen LogP contribution in [0.2, 0.25) is 5.02 Å². The first-order valence-corrected chi connectivity index (χ1v) is 6.35. The molecule has 1 fully saturated rings. The van der Waals surface area contributed by atoms with Crippen molar-refractivity contribution in [3.05, 3.63) is 28.5 Å². The van der Waals surface area contributed by atoms with E-state index in [4.69, 9.17) is 20.8 Å². The van der Waals surface area contributed by atoms with Gasteiger partial charge in [0.25, 0.3) is 0 Å². The molecule has 4 nitrogen and oxygen atoms in total. The van der Waals surface area contributed by atoms with E-state index in [-0.39, 0.29) is 0 Å². The van der Waals surface area contributed by atoms with Crippen LogP contribution in [0.15, 0.2) is 21.5 Å². The molecule has 1 aliphatic rings. The normalized spacial score (nSPS) is 16.2. The fraction of sp³-hybridized carbons (Fsp3) is 0.357. The minimum atomic E-state index is -0.522. The first-order chi connectivity index (χ1) is 9.11. The van der Waals surface area contributed by atoms with Crippen LogP contribution >= 0.6 is 11.6 Å². The molecule has 1 saturated carbocycles. The van der Waals surface area contributed by atoms with Gasteiger partial charge in [0, 0.05) is 10.9 Å². The summed E-state index contributed by atoms with van der Waals surface area (Å²) >= 11 is 6.44. The number of aliphatic imine (C=N–C) groups is 1. The van der Waals surface area contributed by atoms with E-state index < -0.39 is 5.54 Å². The number of methoxy groups -OCH3 is 1. The van der Waals surface area contributed by atoms with Crippen LogP contribution < -0.4 is 4.74 Å². The number of fused-ring (bicyclic) bond motifs is 1. The molecule has 98 valence electrons. The summed E-state index contributed by atoms with van der Waals surface area (Å²) in [6, 6.07) is 3.67. The highest BCUT2D eigenvalue weighted by Gasteiger charge is 2.47. The molecule has 0 radical (unpaired) electrons. The van der Waals surface area contributed by atoms with Crippen LogP contribution in [0.5, 0.6) is 5.75 Å². The highest BCUT2D eigenvalue weighted by molar-refractivity contribution is 6.36. The summed E-state index contributed by atoms with van der Waals surface area (Å²) in [6.07, 6.45) is 3.24. The summed E-state index contributed by atoms with van der Waals surface area (Å²) in [5.74, 6) is 1.37.